The van der Waals surface area contributed by atoms with Crippen LogP contribution in [0.1, 0.15) is 80.6 Å². The molecule has 0 saturated carbocycles. The minimum absolute atomic E-state index is 0.317. The van der Waals surface area contributed by atoms with Gasteiger partial charge in [0.25, 0.3) is 0 Å². The van der Waals surface area contributed by atoms with Gasteiger partial charge in [0.05, 0.1) is 10.8 Å². The molecule has 0 spiro atoms. The first-order chi connectivity index (χ1) is 42.5. The summed E-state index contributed by atoms with van der Waals surface area (Å²) in [6, 6.07) is 91.9. The van der Waals surface area contributed by atoms with Crippen LogP contribution in [-0.4, -0.2) is 0 Å². The molecular weight excluding hydrogens is 1070 g/mol. The summed E-state index contributed by atoms with van der Waals surface area (Å²) in [5.74, 6) is 3.79. The van der Waals surface area contributed by atoms with Crippen LogP contribution in [0.2, 0.25) is 0 Å². The van der Waals surface area contributed by atoms with Crippen LogP contribution in [0.25, 0.3) is 34.4 Å². The molecule has 3 aliphatic rings. The Kier molecular flexibility index (Phi) is 12.6. The third-order valence-electron chi connectivity index (χ3n) is 18.1. The summed E-state index contributed by atoms with van der Waals surface area (Å²) >= 11 is 0. The molecule has 0 fully saturated rings. The van der Waals surface area contributed by atoms with E-state index in [-0.39, 0.29) is 11.6 Å². The van der Waals surface area contributed by atoms with E-state index in [0.29, 0.717) is 23.0 Å². The molecule has 12 aromatic rings. The highest BCUT2D eigenvalue weighted by molar-refractivity contribution is 5.92. The van der Waals surface area contributed by atoms with Crippen molar-refractivity contribution in [1.29, 1.82) is 0 Å². The molecule has 418 valence electrons. The quantitative estimate of drug-likeness (QED) is 0.115. The van der Waals surface area contributed by atoms with Gasteiger partial charge >= 0.3 is 0 Å². The van der Waals surface area contributed by atoms with Gasteiger partial charge in [0, 0.05) is 33.6 Å². The number of nitrogens with zero attached hydrogens (tertiary/aromatic N) is 1. The van der Waals surface area contributed by atoms with E-state index in [1.807, 2.05) is 121 Å². The van der Waals surface area contributed by atoms with Crippen molar-refractivity contribution in [3.05, 3.63) is 365 Å². The van der Waals surface area contributed by atoms with Crippen molar-refractivity contribution >= 4 is 29.2 Å². The van der Waals surface area contributed by atoms with E-state index >= 15 is 8.78 Å². The van der Waals surface area contributed by atoms with Crippen molar-refractivity contribution in [2.24, 2.45) is 0 Å². The van der Waals surface area contributed by atoms with E-state index < -0.39 is 16.2 Å². The molecule has 2 aliphatic carbocycles. The largest absolute Gasteiger partial charge is 0.457 e. The average molecular weight is 1130 g/mol. The van der Waals surface area contributed by atoms with Crippen LogP contribution in [-0.2, 0) is 16.2 Å². The van der Waals surface area contributed by atoms with Crippen LogP contribution >= 0.6 is 0 Å². The lowest BCUT2D eigenvalue weighted by atomic mass is 9.67. The maximum Gasteiger partial charge on any atom is 0.131 e. The highest BCUT2D eigenvalue weighted by Crippen LogP contribution is 2.61. The molecule has 0 N–H and O–H groups in total. The molecule has 0 bridgehead atoms. The third-order valence-corrected chi connectivity index (χ3v) is 18.1. The lowest BCUT2D eigenvalue weighted by Crippen LogP contribution is -2.29. The summed E-state index contributed by atoms with van der Waals surface area (Å²) in [5.41, 5.74) is 17.0. The number of halogens is 2. The summed E-state index contributed by atoms with van der Waals surface area (Å²) in [4.78, 5) is 2.36. The predicted octanol–water partition coefficient (Wildman–Crippen LogP) is 21.5. The Labute approximate surface area is 505 Å². The number of fused-ring (bicyclic) bond motifs is 8. The Bertz CT molecular complexity index is 4420. The molecule has 1 aliphatic heterocycles. The summed E-state index contributed by atoms with van der Waals surface area (Å²) in [7, 11) is 0. The van der Waals surface area contributed by atoms with E-state index in [0.717, 1.165) is 118 Å². The van der Waals surface area contributed by atoms with Crippen molar-refractivity contribution in [3.8, 4) is 56.8 Å². The number of hydrogen-bond donors (Lipinski definition) is 0. The first kappa shape index (κ1) is 52.9. The van der Waals surface area contributed by atoms with Gasteiger partial charge in [-0.25, -0.2) is 8.78 Å². The average Bonchev–Trinajstić information content (AvgIpc) is 1.59. The first-order valence-corrected chi connectivity index (χ1v) is 29.3. The Morgan fingerprint density at radius 2 is 0.678 bits per heavy atom. The number of benzene rings is 12. The smallest absolute Gasteiger partial charge is 0.131 e. The van der Waals surface area contributed by atoms with Gasteiger partial charge in [-0.1, -0.05) is 191 Å². The minimum atomic E-state index is -0.914. The van der Waals surface area contributed by atoms with Crippen molar-refractivity contribution < 1.29 is 23.0 Å². The zero-order chi connectivity index (χ0) is 59.0. The van der Waals surface area contributed by atoms with E-state index in [2.05, 4.69) is 171 Å². The van der Waals surface area contributed by atoms with Crippen LogP contribution in [0.5, 0.6) is 34.5 Å². The molecule has 15 rings (SSSR count). The number of hydrogen-bond acceptors (Lipinski definition) is 4. The maximum atomic E-state index is 15.3. The fourth-order valence-electron chi connectivity index (χ4n) is 14.0. The van der Waals surface area contributed by atoms with E-state index in [9.17, 15) is 0 Å². The zero-order valence-corrected chi connectivity index (χ0v) is 48.0. The molecule has 0 amide bonds. The molecule has 0 saturated heterocycles. The molecule has 0 aromatic heterocycles. The van der Waals surface area contributed by atoms with Gasteiger partial charge in [-0.05, 0) is 199 Å². The second kappa shape index (κ2) is 20.8. The fourth-order valence-corrected chi connectivity index (χ4v) is 14.0. The lowest BCUT2D eigenvalue weighted by molar-refractivity contribution is 0.418. The molecule has 87 heavy (non-hydrogen) atoms. The monoisotopic (exact) mass is 1130 g/mol. The second-order valence-corrected chi connectivity index (χ2v) is 23.1. The normalized spacial score (nSPS) is 16.2. The number of ether oxygens (including phenoxy) is 3. The van der Waals surface area contributed by atoms with Crippen molar-refractivity contribution in [3.63, 3.8) is 0 Å². The molecular formula is C81H57F2NO3. The highest BCUT2D eigenvalue weighted by atomic mass is 19.1. The van der Waals surface area contributed by atoms with E-state index in [1.165, 1.54) is 0 Å². The third kappa shape index (κ3) is 8.54. The topological polar surface area (TPSA) is 30.9 Å². The van der Waals surface area contributed by atoms with Crippen LogP contribution in [0, 0.1) is 11.6 Å². The summed E-state index contributed by atoms with van der Waals surface area (Å²) < 4.78 is 50.3. The molecule has 0 radical (unpaired) electrons. The van der Waals surface area contributed by atoms with Gasteiger partial charge in [0.15, 0.2) is 0 Å². The van der Waals surface area contributed by atoms with Crippen molar-refractivity contribution in [1.82, 2.24) is 0 Å². The second-order valence-electron chi connectivity index (χ2n) is 23.1. The number of para-hydroxylation sites is 1. The molecule has 2 atom stereocenters. The van der Waals surface area contributed by atoms with Gasteiger partial charge < -0.3 is 19.1 Å². The predicted molar refractivity (Wildman–Crippen MR) is 348 cm³/mol. The lowest BCUT2D eigenvalue weighted by Gasteiger charge is -2.37. The van der Waals surface area contributed by atoms with Crippen LogP contribution in [0.3, 0.4) is 0 Å². The van der Waals surface area contributed by atoms with Crippen molar-refractivity contribution in [2.75, 3.05) is 4.90 Å². The summed E-state index contributed by atoms with van der Waals surface area (Å²) in [6.07, 6.45) is 3.62. The summed E-state index contributed by atoms with van der Waals surface area (Å²) in [5, 5.41) is 0. The Balaban J connectivity index is 0.951. The highest BCUT2D eigenvalue weighted by Gasteiger charge is 2.49. The fraction of sp³-hybridized carbons (Fsp3) is 0.0617. The molecule has 2 unspecified atom stereocenters. The van der Waals surface area contributed by atoms with Gasteiger partial charge in [0.2, 0.25) is 0 Å². The molecule has 6 heteroatoms. The Morgan fingerprint density at radius 1 is 0.345 bits per heavy atom. The molecule has 4 nitrogen and oxygen atoms in total. The van der Waals surface area contributed by atoms with Gasteiger partial charge in [-0.15, -0.1) is 0 Å². The van der Waals surface area contributed by atoms with E-state index in [4.69, 9.17) is 14.2 Å². The van der Waals surface area contributed by atoms with Crippen LogP contribution in [0.15, 0.2) is 286 Å². The Morgan fingerprint density at radius 3 is 1.10 bits per heavy atom. The standard InChI is InChI=1S/C81H57F2NO3/c1-5-52-19-38-63(39-20-52)85-65-42-27-56(28-43-65)80(54-23-31-58(82)32-24-54)71-15-9-7-13-67(71)69-46-35-60(49-74(69)80)84(62-37-48-78-76(51-62)79(3,4)73-17-11-12-18-77(73)87-78)61-36-47-70-68-14-8-10-16-72(68)81(75(70)50-61,55-25-33-59(83)34-26-55)57-29-44-66(45-30-57)86-64-40-21-53(6-2)22-41-64/h5-51H,1-2H2,3-4H3. The maximum absolute atomic E-state index is 15.3. The van der Waals surface area contributed by atoms with Gasteiger partial charge in [-0.3, -0.25) is 0 Å². The van der Waals surface area contributed by atoms with Crippen molar-refractivity contribution in [2.45, 2.75) is 30.1 Å². The van der Waals surface area contributed by atoms with Crippen LogP contribution < -0.4 is 19.1 Å². The zero-order valence-electron chi connectivity index (χ0n) is 48.0. The molecule has 1 heterocycles. The van der Waals surface area contributed by atoms with E-state index in [1.54, 1.807) is 24.3 Å². The number of rotatable bonds is 13. The SMILES string of the molecule is C=Cc1ccc(Oc2ccc(C3(c4ccc(F)cc4)c4ccccc4-c4ccc(N(c5ccc6c(c5)C(C)(C)c5ccccc5O6)c5ccc6c(c5)C(c5ccc(F)cc5)(c5ccc(Oc7ccc(C=C)cc7)cc5)c5ccccc5-6)cc43)cc2)cc1. The number of anilines is 3. The summed E-state index contributed by atoms with van der Waals surface area (Å²) in [6.45, 7) is 12.3. The Hall–Kier alpha value is -10.8. The minimum Gasteiger partial charge on any atom is -0.457 e. The van der Waals surface area contributed by atoms with Crippen LogP contribution in [0.4, 0.5) is 25.8 Å². The molecule has 12 aromatic carbocycles. The first-order valence-electron chi connectivity index (χ1n) is 29.3. The van der Waals surface area contributed by atoms with Gasteiger partial charge in [-0.2, -0.15) is 0 Å². The van der Waals surface area contributed by atoms with Gasteiger partial charge in [0.1, 0.15) is 46.1 Å².